The highest BCUT2D eigenvalue weighted by Crippen LogP contribution is 2.39. The molecule has 1 saturated carbocycles. The largest absolute Gasteiger partial charge is 0.316 e. The molecule has 0 amide bonds. The molecule has 1 aliphatic rings. The highest BCUT2D eigenvalue weighted by Gasteiger charge is 2.29. The van der Waals surface area contributed by atoms with Gasteiger partial charge in [0.25, 0.3) is 0 Å². The Morgan fingerprint density at radius 1 is 1.33 bits per heavy atom. The number of halogens is 1. The van der Waals surface area contributed by atoms with Crippen LogP contribution < -0.4 is 5.32 Å². The van der Waals surface area contributed by atoms with E-state index in [9.17, 15) is 0 Å². The molecule has 2 unspecified atom stereocenters. The smallest absolute Gasteiger partial charge is 0.0635 e. The third-order valence-electron chi connectivity index (χ3n) is 4.60. The summed E-state index contributed by atoms with van der Waals surface area (Å²) in [7, 11) is 0. The minimum atomic E-state index is 0.643. The van der Waals surface area contributed by atoms with E-state index < -0.39 is 0 Å². The second kappa shape index (κ2) is 8.33. The maximum Gasteiger partial charge on any atom is 0.0635 e. The number of hydrogen-bond acceptors (Lipinski definition) is 2. The van der Waals surface area contributed by atoms with Gasteiger partial charge in [-0.3, -0.25) is 4.68 Å². The van der Waals surface area contributed by atoms with Crippen molar-refractivity contribution in [1.82, 2.24) is 15.1 Å². The molecule has 1 N–H and O–H groups in total. The average molecular weight is 356 g/mol. The molecule has 0 saturated heterocycles. The van der Waals surface area contributed by atoms with Gasteiger partial charge in [0.2, 0.25) is 0 Å². The van der Waals surface area contributed by atoms with Crippen LogP contribution in [0.1, 0.15) is 64.5 Å². The van der Waals surface area contributed by atoms with Crippen molar-refractivity contribution in [2.75, 3.05) is 13.1 Å². The Morgan fingerprint density at radius 3 is 2.81 bits per heavy atom. The van der Waals surface area contributed by atoms with Crippen molar-refractivity contribution in [3.05, 3.63) is 16.4 Å². The molecule has 2 rings (SSSR count). The lowest BCUT2D eigenvalue weighted by atomic mass is 9.85. The third kappa shape index (κ3) is 4.56. The molecular formula is C17H30BrN3. The minimum Gasteiger partial charge on any atom is -0.316 e. The van der Waals surface area contributed by atoms with Gasteiger partial charge in [-0.15, -0.1) is 0 Å². The zero-order valence-corrected chi connectivity index (χ0v) is 15.3. The maximum atomic E-state index is 4.53. The number of nitrogens with zero attached hydrogens (tertiary/aromatic N) is 2. The minimum absolute atomic E-state index is 0.643. The lowest BCUT2D eigenvalue weighted by Crippen LogP contribution is -2.30. The first-order valence-electron chi connectivity index (χ1n) is 8.55. The number of hydrogen-bond donors (Lipinski definition) is 1. The SMILES string of the molecule is CCn1ncc(Br)c1C1CCCCCC1CNCC(C)C. The number of aromatic nitrogens is 2. The second-order valence-electron chi connectivity index (χ2n) is 6.75. The highest BCUT2D eigenvalue weighted by atomic mass is 79.9. The van der Waals surface area contributed by atoms with Crippen molar-refractivity contribution in [1.29, 1.82) is 0 Å². The van der Waals surface area contributed by atoms with Crippen molar-refractivity contribution in [2.24, 2.45) is 11.8 Å². The first-order chi connectivity index (χ1) is 10.1. The Balaban J connectivity index is 2.13. The molecule has 4 heteroatoms. The Morgan fingerprint density at radius 2 is 2.10 bits per heavy atom. The number of aryl methyl sites for hydroxylation is 1. The van der Waals surface area contributed by atoms with Crippen LogP contribution in [0.3, 0.4) is 0 Å². The van der Waals surface area contributed by atoms with Crippen molar-refractivity contribution >= 4 is 15.9 Å². The van der Waals surface area contributed by atoms with E-state index in [1.807, 2.05) is 6.20 Å². The zero-order chi connectivity index (χ0) is 15.2. The molecule has 0 bridgehead atoms. The molecule has 0 radical (unpaired) electrons. The van der Waals surface area contributed by atoms with Gasteiger partial charge in [0.05, 0.1) is 16.4 Å². The predicted molar refractivity (Wildman–Crippen MR) is 92.6 cm³/mol. The standard InChI is InChI=1S/C17H30BrN3/c1-4-21-17(16(18)12-20-21)15-9-7-5-6-8-14(15)11-19-10-13(2)3/h12-15,19H,4-11H2,1-3H3. The van der Waals surface area contributed by atoms with Crippen LogP contribution in [0.15, 0.2) is 10.7 Å². The summed E-state index contributed by atoms with van der Waals surface area (Å²) >= 11 is 3.73. The molecule has 1 aromatic heterocycles. The van der Waals surface area contributed by atoms with Gasteiger partial charge in [0.15, 0.2) is 0 Å². The van der Waals surface area contributed by atoms with E-state index in [2.05, 4.69) is 51.8 Å². The van der Waals surface area contributed by atoms with Gasteiger partial charge in [-0.1, -0.05) is 33.1 Å². The van der Waals surface area contributed by atoms with E-state index >= 15 is 0 Å². The Bertz CT molecular complexity index is 428. The molecule has 0 spiro atoms. The quantitative estimate of drug-likeness (QED) is 0.757. The van der Waals surface area contributed by atoms with E-state index in [1.54, 1.807) is 0 Å². The van der Waals surface area contributed by atoms with E-state index in [1.165, 1.54) is 42.3 Å². The molecule has 1 fully saturated rings. The van der Waals surface area contributed by atoms with Crippen molar-refractivity contribution in [3.63, 3.8) is 0 Å². The zero-order valence-electron chi connectivity index (χ0n) is 13.7. The predicted octanol–water partition coefficient (Wildman–Crippen LogP) is 4.58. The van der Waals surface area contributed by atoms with Crippen LogP contribution in [0, 0.1) is 11.8 Å². The van der Waals surface area contributed by atoms with Crippen LogP contribution in [-0.4, -0.2) is 22.9 Å². The van der Waals surface area contributed by atoms with Gasteiger partial charge in [-0.2, -0.15) is 5.10 Å². The van der Waals surface area contributed by atoms with Gasteiger partial charge >= 0.3 is 0 Å². The fourth-order valence-electron chi connectivity index (χ4n) is 3.54. The summed E-state index contributed by atoms with van der Waals surface area (Å²) in [5.74, 6) is 2.11. The third-order valence-corrected chi connectivity index (χ3v) is 5.21. The molecule has 0 aromatic carbocycles. The highest BCUT2D eigenvalue weighted by molar-refractivity contribution is 9.10. The summed E-state index contributed by atoms with van der Waals surface area (Å²) < 4.78 is 3.39. The van der Waals surface area contributed by atoms with E-state index in [0.29, 0.717) is 5.92 Å². The van der Waals surface area contributed by atoms with Crippen LogP contribution in [0.2, 0.25) is 0 Å². The second-order valence-corrected chi connectivity index (χ2v) is 7.60. The van der Waals surface area contributed by atoms with Crippen LogP contribution >= 0.6 is 15.9 Å². The van der Waals surface area contributed by atoms with Crippen molar-refractivity contribution in [2.45, 2.75) is 65.3 Å². The van der Waals surface area contributed by atoms with Crippen LogP contribution in [-0.2, 0) is 6.54 Å². The Hall–Kier alpha value is -0.350. The molecule has 120 valence electrons. The lowest BCUT2D eigenvalue weighted by Gasteiger charge is -2.27. The lowest BCUT2D eigenvalue weighted by molar-refractivity contribution is 0.350. The topological polar surface area (TPSA) is 29.9 Å². The van der Waals surface area contributed by atoms with Crippen molar-refractivity contribution < 1.29 is 0 Å². The average Bonchev–Trinajstić information content (AvgIpc) is 2.67. The summed E-state index contributed by atoms with van der Waals surface area (Å²) in [6.45, 7) is 9.97. The first kappa shape index (κ1) is 17.0. The van der Waals surface area contributed by atoms with Gasteiger partial charge in [0, 0.05) is 12.5 Å². The number of rotatable bonds is 6. The van der Waals surface area contributed by atoms with Crippen molar-refractivity contribution in [3.8, 4) is 0 Å². The van der Waals surface area contributed by atoms with Crippen LogP contribution in [0.4, 0.5) is 0 Å². The van der Waals surface area contributed by atoms with Gasteiger partial charge < -0.3 is 5.32 Å². The van der Waals surface area contributed by atoms with E-state index in [0.717, 1.165) is 31.5 Å². The monoisotopic (exact) mass is 355 g/mol. The molecule has 0 aliphatic heterocycles. The van der Waals surface area contributed by atoms with E-state index in [-0.39, 0.29) is 0 Å². The van der Waals surface area contributed by atoms with Gasteiger partial charge in [-0.05, 0) is 60.6 Å². The maximum absolute atomic E-state index is 4.53. The van der Waals surface area contributed by atoms with Gasteiger partial charge in [-0.25, -0.2) is 0 Å². The summed E-state index contributed by atoms with van der Waals surface area (Å²) in [6.07, 6.45) is 8.74. The normalized spacial score (nSPS) is 23.5. The summed E-state index contributed by atoms with van der Waals surface area (Å²) in [5, 5.41) is 8.22. The fourth-order valence-corrected chi connectivity index (χ4v) is 4.13. The molecule has 21 heavy (non-hydrogen) atoms. The first-order valence-corrected chi connectivity index (χ1v) is 9.34. The fraction of sp³-hybridized carbons (Fsp3) is 0.824. The number of nitrogens with one attached hydrogen (secondary N) is 1. The molecule has 1 heterocycles. The van der Waals surface area contributed by atoms with Crippen LogP contribution in [0.25, 0.3) is 0 Å². The summed E-state index contributed by atoms with van der Waals surface area (Å²) in [6, 6.07) is 0. The Kier molecular flexibility index (Phi) is 6.74. The van der Waals surface area contributed by atoms with Crippen LogP contribution in [0.5, 0.6) is 0 Å². The Labute approximate surface area is 138 Å². The molecule has 1 aromatic rings. The summed E-state index contributed by atoms with van der Waals surface area (Å²) in [4.78, 5) is 0. The summed E-state index contributed by atoms with van der Waals surface area (Å²) in [5.41, 5.74) is 1.43. The molecular weight excluding hydrogens is 326 g/mol. The molecule has 2 atom stereocenters. The molecule has 3 nitrogen and oxygen atoms in total. The van der Waals surface area contributed by atoms with E-state index in [4.69, 9.17) is 0 Å². The van der Waals surface area contributed by atoms with Gasteiger partial charge in [0.1, 0.15) is 0 Å². The molecule has 1 aliphatic carbocycles.